The topological polar surface area (TPSA) is 75.4 Å². The SMILES string of the molecule is [2H]C1([2H])C[C@@H]2c3cc(F)cnc3CC[C@@H](C)NC(=O)c3cnn4ccc(nc34)N2C1. The van der Waals surface area contributed by atoms with Crippen LogP contribution in [-0.2, 0) is 6.42 Å². The minimum absolute atomic E-state index is 0.114. The standard InChI is InChI=1S/C20H21FN6O/c1-12-4-5-16-14(9-13(21)10-22-16)17-3-2-7-26(17)18-6-8-27-19(25-18)15(11-23-27)20(28)24-12/h6,8-12,17H,2-5,7H2,1H3,(H,24,28)/t12-,17-/m1/s1/i2D2. The Kier molecular flexibility index (Phi) is 3.49. The average Bonchev–Trinajstić information content (AvgIpc) is 3.26. The summed E-state index contributed by atoms with van der Waals surface area (Å²) < 4.78 is 32.4. The minimum Gasteiger partial charge on any atom is -0.349 e. The van der Waals surface area contributed by atoms with Gasteiger partial charge < -0.3 is 10.2 Å². The summed E-state index contributed by atoms with van der Waals surface area (Å²) in [5.74, 6) is -0.193. The summed E-state index contributed by atoms with van der Waals surface area (Å²) in [4.78, 5) is 23.6. The van der Waals surface area contributed by atoms with E-state index in [1.165, 1.54) is 23.0 Å². The number of halogens is 1. The number of anilines is 1. The minimum atomic E-state index is -1.47. The molecule has 0 saturated carbocycles. The van der Waals surface area contributed by atoms with E-state index in [9.17, 15) is 9.18 Å². The van der Waals surface area contributed by atoms with Crippen molar-refractivity contribution in [2.24, 2.45) is 0 Å². The molecule has 0 aliphatic carbocycles. The molecule has 0 aromatic carbocycles. The number of nitrogens with zero attached hydrogens (tertiary/aromatic N) is 5. The van der Waals surface area contributed by atoms with Crippen molar-refractivity contribution >= 4 is 17.4 Å². The number of pyridine rings is 1. The maximum absolute atomic E-state index is 14.2. The Balaban J connectivity index is 1.71. The Labute approximate surface area is 164 Å². The summed E-state index contributed by atoms with van der Waals surface area (Å²) in [7, 11) is 0. The zero-order chi connectivity index (χ0) is 21.0. The number of nitrogens with one attached hydrogen (secondary N) is 1. The summed E-state index contributed by atoms with van der Waals surface area (Å²) in [6.45, 7) is 2.02. The first-order valence-electron chi connectivity index (χ1n) is 10.4. The predicted molar refractivity (Wildman–Crippen MR) is 102 cm³/mol. The Morgan fingerprint density at radius 1 is 1.36 bits per heavy atom. The van der Waals surface area contributed by atoms with Crippen LogP contribution in [0.5, 0.6) is 0 Å². The summed E-state index contributed by atoms with van der Waals surface area (Å²) >= 11 is 0. The van der Waals surface area contributed by atoms with Gasteiger partial charge in [0, 0.05) is 27.2 Å². The van der Waals surface area contributed by atoms with E-state index in [0.717, 1.165) is 0 Å². The highest BCUT2D eigenvalue weighted by Gasteiger charge is 2.31. The van der Waals surface area contributed by atoms with Gasteiger partial charge in [-0.3, -0.25) is 9.78 Å². The lowest BCUT2D eigenvalue weighted by atomic mass is 9.98. The van der Waals surface area contributed by atoms with Crippen molar-refractivity contribution in [1.82, 2.24) is 24.9 Å². The second-order valence-corrected chi connectivity index (χ2v) is 7.31. The number of amides is 1. The second kappa shape index (κ2) is 6.54. The summed E-state index contributed by atoms with van der Waals surface area (Å²) in [5.41, 5.74) is 2.15. The summed E-state index contributed by atoms with van der Waals surface area (Å²) in [6, 6.07) is 2.65. The number of aromatic nitrogens is 4. The van der Waals surface area contributed by atoms with Crippen molar-refractivity contribution in [3.8, 4) is 0 Å². The van der Waals surface area contributed by atoms with Crippen molar-refractivity contribution in [3.63, 3.8) is 0 Å². The molecule has 5 rings (SSSR count). The van der Waals surface area contributed by atoms with Crippen LogP contribution in [0, 0.1) is 5.82 Å². The highest BCUT2D eigenvalue weighted by molar-refractivity contribution is 5.99. The van der Waals surface area contributed by atoms with Crippen LogP contribution in [0.15, 0.2) is 30.7 Å². The third kappa shape index (κ3) is 2.80. The Hall–Kier alpha value is -3.03. The first-order valence-corrected chi connectivity index (χ1v) is 9.37. The van der Waals surface area contributed by atoms with E-state index in [1.807, 2.05) is 11.8 Å². The first kappa shape index (κ1) is 15.0. The van der Waals surface area contributed by atoms with Crippen LogP contribution in [0.4, 0.5) is 10.2 Å². The van der Waals surface area contributed by atoms with Crippen LogP contribution in [0.3, 0.4) is 0 Å². The van der Waals surface area contributed by atoms with E-state index in [2.05, 4.69) is 20.4 Å². The molecule has 0 radical (unpaired) electrons. The molecular weight excluding hydrogens is 359 g/mol. The van der Waals surface area contributed by atoms with Gasteiger partial charge in [0.05, 0.1) is 18.4 Å². The Morgan fingerprint density at radius 3 is 3.14 bits per heavy atom. The number of rotatable bonds is 0. The maximum atomic E-state index is 14.2. The fourth-order valence-electron chi connectivity index (χ4n) is 3.95. The molecule has 7 nitrogen and oxygen atoms in total. The Morgan fingerprint density at radius 2 is 2.25 bits per heavy atom. The number of hydrogen-bond acceptors (Lipinski definition) is 5. The maximum Gasteiger partial charge on any atom is 0.256 e. The molecule has 0 spiro atoms. The van der Waals surface area contributed by atoms with Gasteiger partial charge in [-0.1, -0.05) is 0 Å². The van der Waals surface area contributed by atoms with E-state index in [0.29, 0.717) is 41.1 Å². The molecule has 5 heterocycles. The third-order valence-electron chi connectivity index (χ3n) is 5.41. The van der Waals surface area contributed by atoms with Gasteiger partial charge in [0.1, 0.15) is 17.2 Å². The normalized spacial score (nSPS) is 25.1. The van der Waals surface area contributed by atoms with Gasteiger partial charge in [0.2, 0.25) is 0 Å². The molecule has 1 N–H and O–H groups in total. The zero-order valence-corrected chi connectivity index (χ0v) is 15.4. The Bertz CT molecular complexity index is 1150. The monoisotopic (exact) mass is 382 g/mol. The van der Waals surface area contributed by atoms with E-state index in [1.54, 1.807) is 12.3 Å². The fourth-order valence-corrected chi connectivity index (χ4v) is 3.95. The van der Waals surface area contributed by atoms with Crippen LogP contribution in [0.1, 0.15) is 56.5 Å². The van der Waals surface area contributed by atoms with Gasteiger partial charge >= 0.3 is 0 Å². The molecular formula is C20H21FN6O. The van der Waals surface area contributed by atoms with E-state index >= 15 is 0 Å². The van der Waals surface area contributed by atoms with Crippen molar-refractivity contribution in [2.75, 3.05) is 11.4 Å². The highest BCUT2D eigenvalue weighted by Crippen LogP contribution is 2.37. The smallest absolute Gasteiger partial charge is 0.256 e. The third-order valence-corrected chi connectivity index (χ3v) is 5.41. The van der Waals surface area contributed by atoms with Crippen LogP contribution in [0.2, 0.25) is 0 Å². The van der Waals surface area contributed by atoms with Crippen molar-refractivity contribution in [1.29, 1.82) is 0 Å². The molecule has 3 aromatic rings. The molecule has 2 bridgehead atoms. The average molecular weight is 382 g/mol. The van der Waals surface area contributed by atoms with E-state index in [4.69, 9.17) is 2.74 Å². The number of fused-ring (bicyclic) bond motifs is 5. The largest absolute Gasteiger partial charge is 0.349 e. The fraction of sp³-hybridized carbons (Fsp3) is 0.400. The van der Waals surface area contributed by atoms with E-state index < -0.39 is 18.2 Å². The molecule has 2 aliphatic rings. The summed E-state index contributed by atoms with van der Waals surface area (Å²) in [5, 5.41) is 7.18. The second-order valence-electron chi connectivity index (χ2n) is 7.31. The predicted octanol–water partition coefficient (Wildman–Crippen LogP) is 2.67. The molecule has 0 unspecified atom stereocenters. The lowest BCUT2D eigenvalue weighted by molar-refractivity contribution is 0.0940. The zero-order valence-electron chi connectivity index (χ0n) is 17.4. The van der Waals surface area contributed by atoms with E-state index in [-0.39, 0.29) is 24.9 Å². The van der Waals surface area contributed by atoms with Crippen molar-refractivity contribution in [2.45, 2.75) is 44.6 Å². The lowest BCUT2D eigenvalue weighted by Crippen LogP contribution is -2.33. The molecule has 1 fully saturated rings. The molecule has 3 aromatic heterocycles. The molecule has 2 aliphatic heterocycles. The number of aryl methyl sites for hydroxylation is 1. The lowest BCUT2D eigenvalue weighted by Gasteiger charge is -2.27. The van der Waals surface area contributed by atoms with Crippen LogP contribution in [0.25, 0.3) is 5.65 Å². The van der Waals surface area contributed by atoms with Gasteiger partial charge in [0.15, 0.2) is 5.65 Å². The molecule has 144 valence electrons. The van der Waals surface area contributed by atoms with Gasteiger partial charge in [-0.2, -0.15) is 5.10 Å². The highest BCUT2D eigenvalue weighted by atomic mass is 19.1. The molecule has 28 heavy (non-hydrogen) atoms. The van der Waals surface area contributed by atoms with Crippen LogP contribution < -0.4 is 10.2 Å². The quantitative estimate of drug-likeness (QED) is 0.647. The van der Waals surface area contributed by atoms with Gasteiger partial charge in [-0.05, 0) is 50.3 Å². The van der Waals surface area contributed by atoms with Crippen molar-refractivity contribution < 1.29 is 11.9 Å². The van der Waals surface area contributed by atoms with Crippen molar-refractivity contribution in [3.05, 3.63) is 53.4 Å². The first-order chi connectivity index (χ1) is 14.3. The molecule has 2 atom stereocenters. The molecule has 8 heteroatoms. The molecule has 1 amide bonds. The van der Waals surface area contributed by atoms with Crippen LogP contribution in [-0.4, -0.2) is 38.1 Å². The number of carbonyl (C=O) groups excluding carboxylic acids is 1. The number of carbonyl (C=O) groups is 1. The number of hydrogen-bond donors (Lipinski definition) is 1. The van der Waals surface area contributed by atoms with Gasteiger partial charge in [-0.25, -0.2) is 13.9 Å². The van der Waals surface area contributed by atoms with Gasteiger partial charge in [-0.15, -0.1) is 0 Å². The van der Waals surface area contributed by atoms with Gasteiger partial charge in [0.25, 0.3) is 5.91 Å². The molecule has 1 saturated heterocycles. The summed E-state index contributed by atoms with van der Waals surface area (Å²) in [6.07, 6.45) is 4.28. The van der Waals surface area contributed by atoms with Crippen LogP contribution >= 0.6 is 0 Å².